The van der Waals surface area contributed by atoms with Crippen molar-refractivity contribution in [3.8, 4) is 11.6 Å². The number of urea groups is 1. The van der Waals surface area contributed by atoms with Gasteiger partial charge in [0.15, 0.2) is 3.77 Å². The van der Waals surface area contributed by atoms with Crippen LogP contribution in [0.25, 0.3) is 5.69 Å². The average Bonchev–Trinajstić information content (AvgIpc) is 3.25. The first kappa shape index (κ1) is 25.7. The molecular weight excluding hydrogens is 606 g/mol. The molecule has 6 nitrogen and oxygen atoms in total. The molecule has 0 bridgehead atoms. The van der Waals surface area contributed by atoms with Gasteiger partial charge < -0.3 is 15.4 Å². The molecule has 2 heterocycles. The standard InChI is InChI=1S/C28H27ClFIN4O2/c1-18-16-26(35(34-18)25-14-11-21(30)17-23(25)29)37-27-24(8-5-15-31-27)33-28(36)32-22-12-9-20(10-13-22)19-6-3-2-4-7-19/h5,8-17,19H,2-4,6-7H2,1H3,(H2,32,33,36). The van der Waals surface area contributed by atoms with E-state index in [4.69, 9.17) is 16.3 Å². The Morgan fingerprint density at radius 1 is 1.11 bits per heavy atom. The number of hydrogen-bond donors (Lipinski definition) is 2. The van der Waals surface area contributed by atoms with Crippen molar-refractivity contribution in [2.75, 3.05) is 5.32 Å². The lowest BCUT2D eigenvalue weighted by atomic mass is 9.84. The molecule has 2 aromatic carbocycles. The number of aromatic nitrogens is 2. The number of carbonyl (C=O) groups excluding carboxylic acids is 1. The maximum absolute atomic E-state index is 13.6. The number of halogens is 3. The van der Waals surface area contributed by atoms with Gasteiger partial charge in [0.05, 0.1) is 22.1 Å². The van der Waals surface area contributed by atoms with Gasteiger partial charge >= 0.3 is 6.03 Å². The molecule has 2 N–H and O–H groups in total. The third-order valence-corrected chi connectivity index (χ3v) is 8.78. The van der Waals surface area contributed by atoms with Crippen molar-refractivity contribution in [1.29, 1.82) is 0 Å². The summed E-state index contributed by atoms with van der Waals surface area (Å²) in [4.78, 5) is 12.8. The van der Waals surface area contributed by atoms with Crippen molar-refractivity contribution in [3.05, 3.63) is 92.2 Å². The number of carbonyl (C=O) groups is 1. The minimum absolute atomic E-state index is 0.221. The number of rotatable bonds is 6. The van der Waals surface area contributed by atoms with Gasteiger partial charge in [-0.15, -0.1) is 0 Å². The molecule has 0 atom stereocenters. The molecule has 1 saturated carbocycles. The van der Waals surface area contributed by atoms with E-state index in [9.17, 15) is 9.18 Å². The van der Waals surface area contributed by atoms with Crippen molar-refractivity contribution in [2.45, 2.75) is 44.9 Å². The molecule has 1 aromatic heterocycles. The number of nitrogens with one attached hydrogen (secondary N) is 2. The number of hydrogen-bond acceptors (Lipinski definition) is 3. The van der Waals surface area contributed by atoms with E-state index in [-0.39, 0.29) is 11.1 Å². The van der Waals surface area contributed by atoms with E-state index < -0.39 is 26.5 Å². The molecule has 1 aliphatic heterocycles. The highest BCUT2D eigenvalue weighted by Crippen LogP contribution is 2.33. The minimum Gasteiger partial charge on any atom is -0.431 e. The van der Waals surface area contributed by atoms with Crippen LogP contribution in [0.15, 0.2) is 70.1 Å². The van der Waals surface area contributed by atoms with Crippen LogP contribution in [0.2, 0.25) is 5.02 Å². The fourth-order valence-corrected chi connectivity index (χ4v) is 6.54. The second kappa shape index (κ2) is 11.6. The molecular formula is C28H27ClFIN4O2. The van der Waals surface area contributed by atoms with Crippen molar-refractivity contribution in [1.82, 2.24) is 15.1 Å². The van der Waals surface area contributed by atoms with Crippen LogP contribution in [-0.4, -0.2) is 19.8 Å². The number of amides is 2. The Morgan fingerprint density at radius 3 is 2.65 bits per heavy atom. The summed E-state index contributed by atoms with van der Waals surface area (Å²) in [6, 6.07) is 13.7. The van der Waals surface area contributed by atoms with Gasteiger partial charge in [0, 0.05) is 11.8 Å². The van der Waals surface area contributed by atoms with Crippen LogP contribution in [0.5, 0.6) is 5.88 Å². The Bertz CT molecular complexity index is 1390. The van der Waals surface area contributed by atoms with E-state index in [1.807, 2.05) is 35.2 Å². The SMILES string of the molecule is Cc1cc(OC2=C(NC(=O)Nc3ccc(C4CCCCC4)cc3)C=CC=I2)n(-c2ccc(F)cc2Cl)n1. The normalized spacial score (nSPS) is 15.9. The van der Waals surface area contributed by atoms with E-state index in [1.54, 1.807) is 12.1 Å². The molecule has 5 rings (SSSR count). The van der Waals surface area contributed by atoms with E-state index >= 15 is 0 Å². The predicted molar refractivity (Wildman–Crippen MR) is 155 cm³/mol. The molecule has 0 radical (unpaired) electrons. The molecule has 1 fully saturated rings. The van der Waals surface area contributed by atoms with E-state index in [0.717, 1.165) is 5.69 Å². The third kappa shape index (κ3) is 6.30. The van der Waals surface area contributed by atoms with Gasteiger partial charge in [0.2, 0.25) is 5.88 Å². The van der Waals surface area contributed by atoms with Crippen molar-refractivity contribution in [3.63, 3.8) is 0 Å². The summed E-state index contributed by atoms with van der Waals surface area (Å²) < 4.78 is 24.1. The summed E-state index contributed by atoms with van der Waals surface area (Å²) in [6.07, 6.45) is 10.1. The molecule has 2 amide bonds. The average molecular weight is 633 g/mol. The summed E-state index contributed by atoms with van der Waals surface area (Å²) >= 11 is 5.63. The van der Waals surface area contributed by atoms with Crippen LogP contribution in [0.3, 0.4) is 0 Å². The maximum atomic E-state index is 13.6. The molecule has 192 valence electrons. The van der Waals surface area contributed by atoms with Gasteiger partial charge in [-0.2, -0.15) is 9.78 Å². The first-order valence-corrected chi connectivity index (χ1v) is 14.9. The van der Waals surface area contributed by atoms with Crippen LogP contribution in [0.1, 0.15) is 49.3 Å². The zero-order valence-electron chi connectivity index (χ0n) is 20.3. The Hall–Kier alpha value is -2.98. The molecule has 0 unspecified atom stereocenters. The second-order valence-electron chi connectivity index (χ2n) is 9.05. The maximum Gasteiger partial charge on any atom is 0.323 e. The van der Waals surface area contributed by atoms with Crippen molar-refractivity contribution >= 4 is 48.1 Å². The lowest BCUT2D eigenvalue weighted by Crippen LogP contribution is -2.29. The zero-order chi connectivity index (χ0) is 25.8. The zero-order valence-corrected chi connectivity index (χ0v) is 23.2. The van der Waals surface area contributed by atoms with Gasteiger partial charge in [-0.1, -0.05) is 49.1 Å². The fraction of sp³-hybridized carbons (Fsp3) is 0.250. The van der Waals surface area contributed by atoms with Crippen molar-refractivity contribution in [2.24, 2.45) is 0 Å². The first-order chi connectivity index (χ1) is 18.0. The lowest BCUT2D eigenvalue weighted by molar-refractivity contribution is 0.254. The monoisotopic (exact) mass is 632 g/mol. The number of benzene rings is 2. The topological polar surface area (TPSA) is 68.2 Å². The number of ether oxygens (including phenoxy) is 1. The fourth-order valence-electron chi connectivity index (χ4n) is 4.54. The minimum atomic E-state index is -0.640. The Kier molecular flexibility index (Phi) is 8.05. The highest BCUT2D eigenvalue weighted by atomic mass is 127. The molecule has 9 heteroatoms. The Morgan fingerprint density at radius 2 is 1.89 bits per heavy atom. The van der Waals surface area contributed by atoms with Gasteiger partial charge in [-0.3, -0.25) is 0 Å². The second-order valence-corrected chi connectivity index (χ2v) is 11.8. The molecule has 2 aliphatic rings. The largest absolute Gasteiger partial charge is 0.431 e. The number of allylic oxidation sites excluding steroid dienone is 2. The Balaban J connectivity index is 1.30. The van der Waals surface area contributed by atoms with Gasteiger partial charge in [-0.05, 0) is 92.4 Å². The highest BCUT2D eigenvalue weighted by molar-refractivity contribution is 14.2. The predicted octanol–water partition coefficient (Wildman–Crippen LogP) is 7.73. The third-order valence-electron chi connectivity index (χ3n) is 6.33. The highest BCUT2D eigenvalue weighted by Gasteiger charge is 2.18. The summed E-state index contributed by atoms with van der Waals surface area (Å²) in [5, 5.41) is 10.5. The van der Waals surface area contributed by atoms with Gasteiger partial charge in [0.25, 0.3) is 0 Å². The van der Waals surface area contributed by atoms with Crippen molar-refractivity contribution < 1.29 is 13.9 Å². The molecule has 1 aliphatic carbocycles. The van der Waals surface area contributed by atoms with E-state index in [1.165, 1.54) is 54.5 Å². The quantitative estimate of drug-likeness (QED) is 0.273. The Labute approximate surface area is 230 Å². The molecule has 37 heavy (non-hydrogen) atoms. The summed E-state index contributed by atoms with van der Waals surface area (Å²) in [5.74, 6) is 0.625. The number of anilines is 1. The molecule has 0 spiro atoms. The van der Waals surface area contributed by atoms with Crippen LogP contribution in [-0.2, 0) is 0 Å². The van der Waals surface area contributed by atoms with Crippen LogP contribution >= 0.6 is 32.3 Å². The number of aryl methyl sites for hydroxylation is 1. The molecule has 3 aromatic rings. The summed E-state index contributed by atoms with van der Waals surface area (Å²) in [6.45, 7) is 1.84. The van der Waals surface area contributed by atoms with Gasteiger partial charge in [-0.25, -0.2) is 9.18 Å². The summed E-state index contributed by atoms with van der Waals surface area (Å²) in [7, 11) is 0. The number of nitrogens with zero attached hydrogens (tertiary/aromatic N) is 2. The van der Waals surface area contributed by atoms with E-state index in [2.05, 4.69) is 27.9 Å². The smallest absolute Gasteiger partial charge is 0.323 e. The molecule has 0 saturated heterocycles. The van der Waals surface area contributed by atoms with E-state index in [0.29, 0.717) is 32.6 Å². The first-order valence-electron chi connectivity index (χ1n) is 12.2. The lowest BCUT2D eigenvalue weighted by Gasteiger charge is -2.22. The van der Waals surface area contributed by atoms with Crippen LogP contribution in [0, 0.1) is 12.7 Å². The van der Waals surface area contributed by atoms with Gasteiger partial charge in [0.1, 0.15) is 5.82 Å². The van der Waals surface area contributed by atoms with Crippen LogP contribution in [0.4, 0.5) is 14.9 Å². The summed E-state index contributed by atoms with van der Waals surface area (Å²) in [5.41, 5.74) is 3.88. The van der Waals surface area contributed by atoms with Crippen LogP contribution < -0.4 is 15.4 Å².